The summed E-state index contributed by atoms with van der Waals surface area (Å²) in [5.74, 6) is -0.240. The molecule has 2 aromatic rings. The molecule has 0 aliphatic carbocycles. The first kappa shape index (κ1) is 22.6. The van der Waals surface area contributed by atoms with Crippen LogP contribution in [0.25, 0.3) is 11.1 Å². The highest BCUT2D eigenvalue weighted by molar-refractivity contribution is 5.93. The van der Waals surface area contributed by atoms with Crippen LogP contribution in [0.3, 0.4) is 0 Å². The molecule has 0 saturated carbocycles. The lowest BCUT2D eigenvalue weighted by molar-refractivity contribution is -0.141. The Morgan fingerprint density at radius 2 is 1.94 bits per heavy atom. The van der Waals surface area contributed by atoms with Crippen LogP contribution in [-0.2, 0) is 22.5 Å². The standard InChI is InChI=1S/C23H28FN3O4/c1-4-27-11-10-17-16(18-12-15(24)6-9-21(18)30-3)7-8-20(19(17)14-27)26-23(29)25-13-22(28)31-5-2/h6-9,12H,4-5,10-11,13-14H2,1-3H3,(H2,25,26,29). The number of hydrogen-bond donors (Lipinski definition) is 2. The van der Waals surface area contributed by atoms with E-state index < -0.39 is 12.0 Å². The van der Waals surface area contributed by atoms with E-state index in [1.807, 2.05) is 12.1 Å². The van der Waals surface area contributed by atoms with Crippen molar-refractivity contribution in [2.45, 2.75) is 26.8 Å². The number of rotatable bonds is 7. The predicted molar refractivity (Wildman–Crippen MR) is 117 cm³/mol. The number of halogens is 1. The number of carbonyl (C=O) groups is 2. The van der Waals surface area contributed by atoms with Gasteiger partial charge in [-0.05, 0) is 60.8 Å². The lowest BCUT2D eigenvalue weighted by atomic mass is 9.89. The van der Waals surface area contributed by atoms with Gasteiger partial charge in [0.05, 0.1) is 13.7 Å². The molecule has 1 aliphatic heterocycles. The normalized spacial score (nSPS) is 13.3. The second-order valence-electron chi connectivity index (χ2n) is 7.19. The number of ether oxygens (including phenoxy) is 2. The molecule has 2 amide bonds. The summed E-state index contributed by atoms with van der Waals surface area (Å²) < 4.78 is 24.3. The molecule has 166 valence electrons. The van der Waals surface area contributed by atoms with Gasteiger partial charge in [-0.3, -0.25) is 9.69 Å². The Hall–Kier alpha value is -3.13. The summed E-state index contributed by atoms with van der Waals surface area (Å²) in [6.07, 6.45) is 0.762. The van der Waals surface area contributed by atoms with Crippen LogP contribution in [0.2, 0.25) is 0 Å². The summed E-state index contributed by atoms with van der Waals surface area (Å²) >= 11 is 0. The number of fused-ring (bicyclic) bond motifs is 1. The van der Waals surface area contributed by atoms with Crippen LogP contribution in [0.15, 0.2) is 30.3 Å². The number of nitrogens with zero attached hydrogens (tertiary/aromatic N) is 1. The molecule has 0 atom stereocenters. The van der Waals surface area contributed by atoms with E-state index in [9.17, 15) is 14.0 Å². The summed E-state index contributed by atoms with van der Waals surface area (Å²) in [6, 6.07) is 7.66. The Labute approximate surface area is 181 Å². The van der Waals surface area contributed by atoms with Gasteiger partial charge in [0, 0.05) is 24.3 Å². The number of urea groups is 1. The fourth-order valence-corrected chi connectivity index (χ4v) is 3.79. The van der Waals surface area contributed by atoms with Gasteiger partial charge in [-0.15, -0.1) is 0 Å². The van der Waals surface area contributed by atoms with E-state index in [0.717, 1.165) is 36.2 Å². The second kappa shape index (κ2) is 10.3. The van der Waals surface area contributed by atoms with Gasteiger partial charge in [0.1, 0.15) is 18.1 Å². The smallest absolute Gasteiger partial charge is 0.325 e. The van der Waals surface area contributed by atoms with Crippen molar-refractivity contribution in [1.29, 1.82) is 0 Å². The molecule has 0 fully saturated rings. The molecule has 2 N–H and O–H groups in total. The van der Waals surface area contributed by atoms with E-state index in [2.05, 4.69) is 22.5 Å². The molecule has 1 aliphatic rings. The van der Waals surface area contributed by atoms with Crippen molar-refractivity contribution in [3.8, 4) is 16.9 Å². The minimum atomic E-state index is -0.495. The quantitative estimate of drug-likeness (QED) is 0.658. The maximum absolute atomic E-state index is 14.0. The number of likely N-dealkylation sites (N-methyl/N-ethyl adjacent to an activating group) is 1. The number of hydrogen-bond acceptors (Lipinski definition) is 5. The fourth-order valence-electron chi connectivity index (χ4n) is 3.79. The SMILES string of the molecule is CCOC(=O)CNC(=O)Nc1ccc(-c2cc(F)ccc2OC)c2c1CN(CC)CC2. The molecule has 0 bridgehead atoms. The van der Waals surface area contributed by atoms with Gasteiger partial charge in [-0.25, -0.2) is 9.18 Å². The Morgan fingerprint density at radius 1 is 1.13 bits per heavy atom. The monoisotopic (exact) mass is 429 g/mol. The van der Waals surface area contributed by atoms with Gasteiger partial charge >= 0.3 is 12.0 Å². The number of carbonyl (C=O) groups excluding carboxylic acids is 2. The molecular weight excluding hydrogens is 401 g/mol. The summed E-state index contributed by atoms with van der Waals surface area (Å²) in [4.78, 5) is 26.1. The first-order chi connectivity index (χ1) is 15.0. The lowest BCUT2D eigenvalue weighted by Gasteiger charge is -2.31. The number of benzene rings is 2. The summed E-state index contributed by atoms with van der Waals surface area (Å²) in [5.41, 5.74) is 4.26. The van der Waals surface area contributed by atoms with Gasteiger partial charge in [-0.1, -0.05) is 13.0 Å². The van der Waals surface area contributed by atoms with Crippen molar-refractivity contribution in [3.05, 3.63) is 47.3 Å². The Kier molecular flexibility index (Phi) is 7.46. The Balaban J connectivity index is 1.93. The predicted octanol–water partition coefficient (Wildman–Crippen LogP) is 3.56. The zero-order chi connectivity index (χ0) is 22.4. The molecular formula is C23H28FN3O4. The second-order valence-corrected chi connectivity index (χ2v) is 7.19. The van der Waals surface area contributed by atoms with E-state index >= 15 is 0 Å². The molecule has 1 heterocycles. The average Bonchev–Trinajstić information content (AvgIpc) is 2.77. The van der Waals surface area contributed by atoms with Gasteiger partial charge in [-0.2, -0.15) is 0 Å². The number of amides is 2. The van der Waals surface area contributed by atoms with Crippen molar-refractivity contribution >= 4 is 17.7 Å². The molecule has 2 aromatic carbocycles. The number of esters is 1. The van der Waals surface area contributed by atoms with Crippen molar-refractivity contribution in [2.75, 3.05) is 38.7 Å². The van der Waals surface area contributed by atoms with E-state index in [1.165, 1.54) is 12.1 Å². The van der Waals surface area contributed by atoms with E-state index in [1.54, 1.807) is 20.1 Å². The highest BCUT2D eigenvalue weighted by atomic mass is 19.1. The molecule has 0 saturated heterocycles. The maximum Gasteiger partial charge on any atom is 0.325 e. The van der Waals surface area contributed by atoms with E-state index in [-0.39, 0.29) is 19.0 Å². The van der Waals surface area contributed by atoms with Crippen LogP contribution in [-0.4, -0.2) is 50.3 Å². The van der Waals surface area contributed by atoms with Crippen LogP contribution >= 0.6 is 0 Å². The zero-order valence-corrected chi connectivity index (χ0v) is 18.1. The first-order valence-electron chi connectivity index (χ1n) is 10.4. The zero-order valence-electron chi connectivity index (χ0n) is 18.1. The van der Waals surface area contributed by atoms with Gasteiger partial charge in [0.25, 0.3) is 0 Å². The number of anilines is 1. The molecule has 3 rings (SSSR count). The van der Waals surface area contributed by atoms with E-state index in [4.69, 9.17) is 9.47 Å². The molecule has 31 heavy (non-hydrogen) atoms. The highest BCUT2D eigenvalue weighted by Crippen LogP contribution is 2.39. The third kappa shape index (κ3) is 5.32. The summed E-state index contributed by atoms with van der Waals surface area (Å²) in [6.45, 7) is 6.25. The van der Waals surface area contributed by atoms with Crippen molar-refractivity contribution in [3.63, 3.8) is 0 Å². The number of nitrogens with one attached hydrogen (secondary N) is 2. The average molecular weight is 429 g/mol. The summed E-state index contributed by atoms with van der Waals surface area (Å²) in [5, 5.41) is 5.35. The summed E-state index contributed by atoms with van der Waals surface area (Å²) in [7, 11) is 1.56. The lowest BCUT2D eigenvalue weighted by Crippen LogP contribution is -2.35. The molecule has 8 heteroatoms. The van der Waals surface area contributed by atoms with Crippen LogP contribution in [0.5, 0.6) is 5.75 Å². The molecule has 0 aromatic heterocycles. The molecule has 0 radical (unpaired) electrons. The fraction of sp³-hybridized carbons (Fsp3) is 0.391. The maximum atomic E-state index is 14.0. The van der Waals surface area contributed by atoms with Crippen LogP contribution in [0.1, 0.15) is 25.0 Å². The highest BCUT2D eigenvalue weighted by Gasteiger charge is 2.24. The van der Waals surface area contributed by atoms with Crippen molar-refractivity contribution in [2.24, 2.45) is 0 Å². The minimum Gasteiger partial charge on any atom is -0.496 e. The first-order valence-corrected chi connectivity index (χ1v) is 10.4. The largest absolute Gasteiger partial charge is 0.496 e. The molecule has 7 nitrogen and oxygen atoms in total. The number of methoxy groups -OCH3 is 1. The van der Waals surface area contributed by atoms with Crippen LogP contribution in [0, 0.1) is 5.82 Å². The third-order valence-corrected chi connectivity index (χ3v) is 5.34. The van der Waals surface area contributed by atoms with Crippen LogP contribution < -0.4 is 15.4 Å². The Bertz CT molecular complexity index is 964. The third-order valence-electron chi connectivity index (χ3n) is 5.34. The molecule has 0 spiro atoms. The molecule has 0 unspecified atom stereocenters. The van der Waals surface area contributed by atoms with Crippen molar-refractivity contribution < 1.29 is 23.5 Å². The Morgan fingerprint density at radius 3 is 2.65 bits per heavy atom. The van der Waals surface area contributed by atoms with Gasteiger partial charge in [0.15, 0.2) is 0 Å². The van der Waals surface area contributed by atoms with Crippen molar-refractivity contribution in [1.82, 2.24) is 10.2 Å². The van der Waals surface area contributed by atoms with E-state index in [0.29, 0.717) is 23.5 Å². The van der Waals surface area contributed by atoms with Gasteiger partial charge < -0.3 is 20.1 Å². The van der Waals surface area contributed by atoms with Gasteiger partial charge in [0.2, 0.25) is 0 Å². The van der Waals surface area contributed by atoms with Crippen LogP contribution in [0.4, 0.5) is 14.9 Å². The minimum absolute atomic E-state index is 0.207. The topological polar surface area (TPSA) is 79.9 Å².